The second-order valence-electron chi connectivity index (χ2n) is 5.20. The molecule has 0 aromatic heterocycles. The summed E-state index contributed by atoms with van der Waals surface area (Å²) in [5, 5.41) is 3.00. The Hall–Kier alpha value is -2.29. The Kier molecular flexibility index (Phi) is 4.41. The zero-order valence-electron chi connectivity index (χ0n) is 11.9. The highest BCUT2D eigenvalue weighted by Gasteiger charge is 2.11. The highest BCUT2D eigenvalue weighted by atomic mass is 16.1. The van der Waals surface area contributed by atoms with Crippen molar-refractivity contribution >= 4 is 11.6 Å². The zero-order valence-corrected chi connectivity index (χ0v) is 11.9. The van der Waals surface area contributed by atoms with Crippen molar-refractivity contribution in [2.45, 2.75) is 26.3 Å². The summed E-state index contributed by atoms with van der Waals surface area (Å²) in [5.74, 6) is -0.0798. The van der Waals surface area contributed by atoms with Crippen LogP contribution in [0.1, 0.15) is 28.4 Å². The van der Waals surface area contributed by atoms with Crippen LogP contribution >= 0.6 is 0 Å². The van der Waals surface area contributed by atoms with E-state index in [2.05, 4.69) is 17.4 Å². The molecule has 0 saturated carbocycles. The number of amides is 1. The molecule has 0 aliphatic rings. The lowest BCUT2D eigenvalue weighted by molar-refractivity contribution is 0.0940. The average Bonchev–Trinajstić information content (AvgIpc) is 2.38. The monoisotopic (exact) mass is 268 g/mol. The number of carbonyl (C=O) groups is 1. The smallest absolute Gasteiger partial charge is 0.251 e. The number of hydrogen-bond donors (Lipinski definition) is 2. The fourth-order valence-corrected chi connectivity index (χ4v) is 2.27. The maximum absolute atomic E-state index is 12.2. The Balaban J connectivity index is 2.00. The minimum absolute atomic E-state index is 0.0756. The third kappa shape index (κ3) is 3.85. The zero-order chi connectivity index (χ0) is 14.5. The molecule has 3 heteroatoms. The molecule has 20 heavy (non-hydrogen) atoms. The van der Waals surface area contributed by atoms with Crippen LogP contribution in [0.25, 0.3) is 0 Å². The van der Waals surface area contributed by atoms with Gasteiger partial charge >= 0.3 is 0 Å². The van der Waals surface area contributed by atoms with Gasteiger partial charge in [-0.2, -0.15) is 0 Å². The van der Waals surface area contributed by atoms with Crippen molar-refractivity contribution in [1.29, 1.82) is 0 Å². The van der Waals surface area contributed by atoms with Crippen molar-refractivity contribution in [2.24, 2.45) is 0 Å². The number of nitrogens with two attached hydrogens (primary N) is 1. The van der Waals surface area contributed by atoms with E-state index < -0.39 is 0 Å². The lowest BCUT2D eigenvalue weighted by Gasteiger charge is -2.14. The van der Waals surface area contributed by atoms with Crippen LogP contribution in [0.4, 0.5) is 5.69 Å². The third-order valence-electron chi connectivity index (χ3n) is 3.12. The second kappa shape index (κ2) is 6.24. The predicted octanol–water partition coefficient (Wildman–Crippen LogP) is 2.94. The Morgan fingerprint density at radius 1 is 1.20 bits per heavy atom. The largest absolute Gasteiger partial charge is 0.399 e. The van der Waals surface area contributed by atoms with Gasteiger partial charge in [-0.05, 0) is 49.6 Å². The van der Waals surface area contributed by atoms with Crippen LogP contribution < -0.4 is 11.1 Å². The first-order chi connectivity index (χ1) is 9.54. The summed E-state index contributed by atoms with van der Waals surface area (Å²) >= 11 is 0. The van der Waals surface area contributed by atoms with Gasteiger partial charge in [0.05, 0.1) is 0 Å². The Morgan fingerprint density at radius 2 is 1.90 bits per heavy atom. The maximum atomic E-state index is 12.2. The van der Waals surface area contributed by atoms with Gasteiger partial charge in [-0.1, -0.05) is 30.3 Å². The van der Waals surface area contributed by atoms with Gasteiger partial charge in [0.25, 0.3) is 5.91 Å². The van der Waals surface area contributed by atoms with E-state index in [9.17, 15) is 4.79 Å². The van der Waals surface area contributed by atoms with Gasteiger partial charge in [0.15, 0.2) is 0 Å². The fraction of sp³-hybridized carbons (Fsp3) is 0.235. The number of nitrogens with one attached hydrogen (secondary N) is 1. The molecule has 0 saturated heterocycles. The molecule has 2 rings (SSSR count). The first-order valence-electron chi connectivity index (χ1n) is 6.76. The normalized spacial score (nSPS) is 11.9. The van der Waals surface area contributed by atoms with Crippen molar-refractivity contribution < 1.29 is 4.79 Å². The summed E-state index contributed by atoms with van der Waals surface area (Å²) in [5.41, 5.74) is 9.21. The predicted molar refractivity (Wildman–Crippen MR) is 82.7 cm³/mol. The standard InChI is InChI=1S/C17H20N2O/c1-12-8-15(11-16(18)9-12)17(20)19-13(2)10-14-6-4-3-5-7-14/h3-9,11,13H,10,18H2,1-2H3,(H,19,20). The van der Waals surface area contributed by atoms with Crippen molar-refractivity contribution in [3.8, 4) is 0 Å². The van der Waals surface area contributed by atoms with E-state index in [0.29, 0.717) is 11.3 Å². The molecule has 0 aliphatic heterocycles. The summed E-state index contributed by atoms with van der Waals surface area (Å²) in [6.07, 6.45) is 0.813. The van der Waals surface area contributed by atoms with Crippen LogP contribution in [0.2, 0.25) is 0 Å². The third-order valence-corrected chi connectivity index (χ3v) is 3.12. The first kappa shape index (κ1) is 14.1. The molecule has 0 radical (unpaired) electrons. The molecule has 0 fully saturated rings. The van der Waals surface area contributed by atoms with Gasteiger partial charge in [0, 0.05) is 17.3 Å². The number of carbonyl (C=O) groups excluding carboxylic acids is 1. The van der Waals surface area contributed by atoms with E-state index in [1.807, 2.05) is 44.2 Å². The van der Waals surface area contributed by atoms with E-state index in [-0.39, 0.29) is 11.9 Å². The van der Waals surface area contributed by atoms with Crippen LogP contribution in [-0.4, -0.2) is 11.9 Å². The highest BCUT2D eigenvalue weighted by Crippen LogP contribution is 2.12. The number of benzene rings is 2. The SMILES string of the molecule is Cc1cc(N)cc(C(=O)NC(C)Cc2ccccc2)c1. The maximum Gasteiger partial charge on any atom is 0.251 e. The molecule has 3 nitrogen and oxygen atoms in total. The molecule has 1 atom stereocenters. The molecule has 2 aromatic rings. The van der Waals surface area contributed by atoms with Crippen molar-refractivity contribution in [2.75, 3.05) is 5.73 Å². The first-order valence-corrected chi connectivity index (χ1v) is 6.76. The molecule has 1 unspecified atom stereocenters. The second-order valence-corrected chi connectivity index (χ2v) is 5.20. The molecule has 104 valence electrons. The summed E-state index contributed by atoms with van der Waals surface area (Å²) in [6, 6.07) is 15.6. The van der Waals surface area contributed by atoms with E-state index >= 15 is 0 Å². The number of hydrogen-bond acceptors (Lipinski definition) is 2. The van der Waals surface area contributed by atoms with Gasteiger partial charge < -0.3 is 11.1 Å². The fourth-order valence-electron chi connectivity index (χ4n) is 2.27. The van der Waals surface area contributed by atoms with Crippen LogP contribution in [0.5, 0.6) is 0 Å². The Labute approximate surface area is 119 Å². The molecule has 2 aromatic carbocycles. The molecule has 0 bridgehead atoms. The van der Waals surface area contributed by atoms with Gasteiger partial charge in [0.1, 0.15) is 0 Å². The summed E-state index contributed by atoms with van der Waals surface area (Å²) in [4.78, 5) is 12.2. The van der Waals surface area contributed by atoms with Crippen molar-refractivity contribution in [3.63, 3.8) is 0 Å². The number of anilines is 1. The molecule has 0 aliphatic carbocycles. The summed E-state index contributed by atoms with van der Waals surface area (Å²) in [7, 11) is 0. The topological polar surface area (TPSA) is 55.1 Å². The number of rotatable bonds is 4. The quantitative estimate of drug-likeness (QED) is 0.838. The summed E-state index contributed by atoms with van der Waals surface area (Å²) in [6.45, 7) is 3.94. The summed E-state index contributed by atoms with van der Waals surface area (Å²) < 4.78 is 0. The van der Waals surface area contributed by atoms with Crippen molar-refractivity contribution in [3.05, 3.63) is 65.2 Å². The van der Waals surface area contributed by atoms with E-state index in [1.54, 1.807) is 6.07 Å². The highest BCUT2D eigenvalue weighted by molar-refractivity contribution is 5.95. The van der Waals surface area contributed by atoms with Crippen LogP contribution in [-0.2, 0) is 6.42 Å². The number of aryl methyl sites for hydroxylation is 1. The molecule has 1 amide bonds. The lowest BCUT2D eigenvalue weighted by atomic mass is 10.1. The minimum atomic E-state index is -0.0798. The van der Waals surface area contributed by atoms with Gasteiger partial charge in [-0.25, -0.2) is 0 Å². The molecular formula is C17H20N2O. The molecule has 0 spiro atoms. The molecule has 3 N–H and O–H groups in total. The van der Waals surface area contributed by atoms with E-state index in [1.165, 1.54) is 5.56 Å². The van der Waals surface area contributed by atoms with E-state index in [4.69, 9.17) is 5.73 Å². The van der Waals surface area contributed by atoms with Crippen molar-refractivity contribution in [1.82, 2.24) is 5.32 Å². The van der Waals surface area contributed by atoms with Crippen LogP contribution in [0.3, 0.4) is 0 Å². The average molecular weight is 268 g/mol. The number of nitrogen functional groups attached to an aromatic ring is 1. The van der Waals surface area contributed by atoms with E-state index in [0.717, 1.165) is 12.0 Å². The van der Waals surface area contributed by atoms with Gasteiger partial charge in [0.2, 0.25) is 0 Å². The molecular weight excluding hydrogens is 248 g/mol. The van der Waals surface area contributed by atoms with Gasteiger partial charge in [-0.15, -0.1) is 0 Å². The molecule has 0 heterocycles. The Bertz CT molecular complexity index is 573. The Morgan fingerprint density at radius 3 is 2.55 bits per heavy atom. The lowest BCUT2D eigenvalue weighted by Crippen LogP contribution is -2.34. The van der Waals surface area contributed by atoms with Gasteiger partial charge in [-0.3, -0.25) is 4.79 Å². The van der Waals surface area contributed by atoms with Crippen LogP contribution in [0.15, 0.2) is 48.5 Å². The minimum Gasteiger partial charge on any atom is -0.399 e. The van der Waals surface area contributed by atoms with Crippen LogP contribution in [0, 0.1) is 6.92 Å².